The molecule has 94 valence electrons. The number of nitrogens with zero attached hydrogens (tertiary/aromatic N) is 1. The third kappa shape index (κ3) is 2.65. The lowest BCUT2D eigenvalue weighted by Crippen LogP contribution is -2.33. The van der Waals surface area contributed by atoms with Gasteiger partial charge in [0, 0.05) is 17.1 Å². The summed E-state index contributed by atoms with van der Waals surface area (Å²) in [5, 5.41) is 0.798. The molecule has 2 atom stereocenters. The molecule has 2 rings (SSSR count). The molecular formula is C14H21ClN2. The summed E-state index contributed by atoms with van der Waals surface area (Å²) >= 11 is 5.95. The minimum absolute atomic E-state index is 0.456. The molecule has 0 spiro atoms. The molecule has 17 heavy (non-hydrogen) atoms. The first kappa shape index (κ1) is 12.9. The monoisotopic (exact) mass is 252 g/mol. The fourth-order valence-electron chi connectivity index (χ4n) is 2.83. The van der Waals surface area contributed by atoms with Gasteiger partial charge >= 0.3 is 0 Å². The predicted octanol–water partition coefficient (Wildman–Crippen LogP) is 3.07. The van der Waals surface area contributed by atoms with E-state index in [9.17, 15) is 0 Å². The summed E-state index contributed by atoms with van der Waals surface area (Å²) in [6.07, 6.45) is 1.20. The van der Waals surface area contributed by atoms with Gasteiger partial charge in [-0.1, -0.05) is 23.7 Å². The number of likely N-dealkylation sites (tertiary alicyclic amines) is 1. The van der Waals surface area contributed by atoms with Gasteiger partial charge in [-0.15, -0.1) is 0 Å². The lowest BCUT2D eigenvalue weighted by Gasteiger charge is -2.31. The molecule has 0 saturated carbocycles. The molecule has 2 unspecified atom stereocenters. The fraction of sp³-hybridized carbons (Fsp3) is 0.571. The first-order valence-electron chi connectivity index (χ1n) is 6.34. The van der Waals surface area contributed by atoms with E-state index in [0.717, 1.165) is 18.1 Å². The van der Waals surface area contributed by atoms with Crippen LogP contribution in [0.4, 0.5) is 0 Å². The van der Waals surface area contributed by atoms with Crippen LogP contribution < -0.4 is 5.73 Å². The van der Waals surface area contributed by atoms with Crippen molar-refractivity contribution in [2.24, 2.45) is 11.7 Å². The van der Waals surface area contributed by atoms with Crippen LogP contribution >= 0.6 is 11.6 Å². The van der Waals surface area contributed by atoms with Gasteiger partial charge in [-0.3, -0.25) is 4.90 Å². The fourth-order valence-corrected chi connectivity index (χ4v) is 2.96. The first-order chi connectivity index (χ1) is 8.13. The van der Waals surface area contributed by atoms with Gasteiger partial charge in [-0.25, -0.2) is 0 Å². The quantitative estimate of drug-likeness (QED) is 0.896. The van der Waals surface area contributed by atoms with Crippen molar-refractivity contribution in [3.63, 3.8) is 0 Å². The average Bonchev–Trinajstić information content (AvgIpc) is 2.73. The van der Waals surface area contributed by atoms with Crippen molar-refractivity contribution in [2.75, 3.05) is 13.1 Å². The molecular weight excluding hydrogens is 232 g/mol. The lowest BCUT2D eigenvalue weighted by molar-refractivity contribution is 0.184. The van der Waals surface area contributed by atoms with E-state index in [1.807, 2.05) is 12.1 Å². The van der Waals surface area contributed by atoms with Gasteiger partial charge in [-0.05, 0) is 57.0 Å². The van der Waals surface area contributed by atoms with Crippen molar-refractivity contribution in [1.82, 2.24) is 4.90 Å². The maximum absolute atomic E-state index is 5.95. The topological polar surface area (TPSA) is 29.3 Å². The highest BCUT2D eigenvalue weighted by atomic mass is 35.5. The van der Waals surface area contributed by atoms with E-state index in [4.69, 9.17) is 17.3 Å². The average molecular weight is 253 g/mol. The van der Waals surface area contributed by atoms with Crippen molar-refractivity contribution in [3.05, 3.63) is 34.9 Å². The van der Waals surface area contributed by atoms with Crippen LogP contribution in [0.5, 0.6) is 0 Å². The second kappa shape index (κ2) is 5.38. The van der Waals surface area contributed by atoms with E-state index in [1.54, 1.807) is 0 Å². The molecule has 0 aromatic heterocycles. The Labute approximate surface area is 109 Å². The lowest BCUT2D eigenvalue weighted by atomic mass is 9.93. The summed E-state index contributed by atoms with van der Waals surface area (Å²) in [5.74, 6) is 0.568. The van der Waals surface area contributed by atoms with Crippen molar-refractivity contribution in [1.29, 1.82) is 0 Å². The largest absolute Gasteiger partial charge is 0.330 e. The standard InChI is InChI=1S/C14H21ClN2/c1-10(2)17-8-7-12(9-16)14(17)11-3-5-13(15)6-4-11/h3-6,10,12,14H,7-9,16H2,1-2H3. The highest BCUT2D eigenvalue weighted by molar-refractivity contribution is 6.30. The van der Waals surface area contributed by atoms with Gasteiger partial charge in [0.1, 0.15) is 0 Å². The van der Waals surface area contributed by atoms with E-state index >= 15 is 0 Å². The molecule has 1 saturated heterocycles. The molecule has 1 aliphatic heterocycles. The van der Waals surface area contributed by atoms with Crippen molar-refractivity contribution in [3.8, 4) is 0 Å². The summed E-state index contributed by atoms with van der Waals surface area (Å²) in [6.45, 7) is 6.41. The summed E-state index contributed by atoms with van der Waals surface area (Å²) in [5.41, 5.74) is 7.24. The molecule has 0 amide bonds. The molecule has 1 fully saturated rings. The van der Waals surface area contributed by atoms with Crippen molar-refractivity contribution >= 4 is 11.6 Å². The molecule has 2 nitrogen and oxygen atoms in total. The number of rotatable bonds is 3. The molecule has 0 radical (unpaired) electrons. The van der Waals surface area contributed by atoms with Crippen LogP contribution in [0.1, 0.15) is 31.9 Å². The van der Waals surface area contributed by atoms with Crippen LogP contribution in [-0.2, 0) is 0 Å². The third-order valence-electron chi connectivity index (χ3n) is 3.74. The number of benzene rings is 1. The molecule has 1 aromatic carbocycles. The Bertz CT molecular complexity index is 361. The normalized spacial score (nSPS) is 25.7. The zero-order valence-electron chi connectivity index (χ0n) is 10.6. The summed E-state index contributed by atoms with van der Waals surface area (Å²) in [7, 11) is 0. The van der Waals surface area contributed by atoms with Gasteiger partial charge < -0.3 is 5.73 Å². The number of hydrogen-bond donors (Lipinski definition) is 1. The smallest absolute Gasteiger partial charge is 0.0406 e. The SMILES string of the molecule is CC(C)N1CCC(CN)C1c1ccc(Cl)cc1. The highest BCUT2D eigenvalue weighted by Crippen LogP contribution is 2.38. The zero-order valence-corrected chi connectivity index (χ0v) is 11.3. The molecule has 0 bridgehead atoms. The van der Waals surface area contributed by atoms with Gasteiger partial charge in [0.25, 0.3) is 0 Å². The first-order valence-corrected chi connectivity index (χ1v) is 6.72. The van der Waals surface area contributed by atoms with E-state index in [-0.39, 0.29) is 0 Å². The van der Waals surface area contributed by atoms with E-state index < -0.39 is 0 Å². The van der Waals surface area contributed by atoms with E-state index in [1.165, 1.54) is 12.0 Å². The van der Waals surface area contributed by atoms with Crippen LogP contribution in [-0.4, -0.2) is 24.0 Å². The number of halogens is 1. The molecule has 1 aliphatic rings. The van der Waals surface area contributed by atoms with Crippen LogP contribution in [0.25, 0.3) is 0 Å². The number of nitrogens with two attached hydrogens (primary N) is 1. The van der Waals surface area contributed by atoms with Gasteiger partial charge in [0.2, 0.25) is 0 Å². The van der Waals surface area contributed by atoms with Gasteiger partial charge in [-0.2, -0.15) is 0 Å². The Morgan fingerprint density at radius 1 is 1.35 bits per heavy atom. The predicted molar refractivity (Wildman–Crippen MR) is 73.2 cm³/mol. The molecule has 1 heterocycles. The second-order valence-corrected chi connectivity index (χ2v) is 5.55. The van der Waals surface area contributed by atoms with Crippen LogP contribution in [0.15, 0.2) is 24.3 Å². The van der Waals surface area contributed by atoms with Crippen LogP contribution in [0.3, 0.4) is 0 Å². The minimum Gasteiger partial charge on any atom is -0.330 e. The van der Waals surface area contributed by atoms with Gasteiger partial charge in [0.15, 0.2) is 0 Å². The molecule has 2 N–H and O–H groups in total. The molecule has 0 aliphatic carbocycles. The summed E-state index contributed by atoms with van der Waals surface area (Å²) in [4.78, 5) is 2.54. The Morgan fingerprint density at radius 3 is 2.53 bits per heavy atom. The molecule has 1 aromatic rings. The maximum Gasteiger partial charge on any atom is 0.0406 e. The Kier molecular flexibility index (Phi) is 4.08. The summed E-state index contributed by atoms with van der Waals surface area (Å²) in [6, 6.07) is 9.24. The Morgan fingerprint density at radius 2 is 2.00 bits per heavy atom. The Balaban J connectivity index is 2.27. The Hall–Kier alpha value is -0.570. The van der Waals surface area contributed by atoms with E-state index in [0.29, 0.717) is 18.0 Å². The molecule has 3 heteroatoms. The minimum atomic E-state index is 0.456. The van der Waals surface area contributed by atoms with Crippen LogP contribution in [0, 0.1) is 5.92 Å². The van der Waals surface area contributed by atoms with Crippen LogP contribution in [0.2, 0.25) is 5.02 Å². The maximum atomic E-state index is 5.95. The van der Waals surface area contributed by atoms with Crippen molar-refractivity contribution in [2.45, 2.75) is 32.4 Å². The van der Waals surface area contributed by atoms with Crippen molar-refractivity contribution < 1.29 is 0 Å². The van der Waals surface area contributed by atoms with Gasteiger partial charge in [0.05, 0.1) is 0 Å². The summed E-state index contributed by atoms with van der Waals surface area (Å²) < 4.78 is 0. The second-order valence-electron chi connectivity index (χ2n) is 5.11. The van der Waals surface area contributed by atoms with E-state index in [2.05, 4.69) is 30.9 Å². The highest BCUT2D eigenvalue weighted by Gasteiger charge is 2.35. The third-order valence-corrected chi connectivity index (χ3v) is 3.99. The zero-order chi connectivity index (χ0) is 12.4. The number of hydrogen-bond acceptors (Lipinski definition) is 2.